The largest absolute Gasteiger partial charge is 0.364 e. The van der Waals surface area contributed by atoms with Crippen LogP contribution < -0.4 is 10.6 Å². The lowest BCUT2D eigenvalue weighted by Gasteiger charge is -2.12. The van der Waals surface area contributed by atoms with Crippen molar-refractivity contribution >= 4 is 17.5 Å². The molecule has 7 heteroatoms. The van der Waals surface area contributed by atoms with Crippen LogP contribution in [0.3, 0.4) is 0 Å². The highest BCUT2D eigenvalue weighted by Crippen LogP contribution is 2.36. The number of hydrogen-bond donors (Lipinski definition) is 2. The van der Waals surface area contributed by atoms with Gasteiger partial charge in [0.15, 0.2) is 0 Å². The predicted molar refractivity (Wildman–Crippen MR) is 73.2 cm³/mol. The van der Waals surface area contributed by atoms with Gasteiger partial charge in [0.1, 0.15) is 6.20 Å². The minimum absolute atomic E-state index is 0.0790. The molecule has 0 saturated heterocycles. The van der Waals surface area contributed by atoms with Gasteiger partial charge in [0.05, 0.1) is 4.92 Å². The lowest BCUT2D eigenvalue weighted by molar-refractivity contribution is -0.384. The van der Waals surface area contributed by atoms with Crippen LogP contribution in [-0.4, -0.2) is 28.0 Å². The van der Waals surface area contributed by atoms with Crippen LogP contribution in [0.25, 0.3) is 0 Å². The van der Waals surface area contributed by atoms with E-state index in [0.717, 1.165) is 5.92 Å². The average Bonchev–Trinajstić information content (AvgIpc) is 3.20. The Labute approximate surface area is 112 Å². The molecule has 0 aliphatic heterocycles. The highest BCUT2D eigenvalue weighted by atomic mass is 16.6. The van der Waals surface area contributed by atoms with Crippen LogP contribution in [0.15, 0.2) is 6.20 Å². The summed E-state index contributed by atoms with van der Waals surface area (Å²) in [6.07, 6.45) is 3.77. The van der Waals surface area contributed by atoms with Crippen molar-refractivity contribution < 1.29 is 4.92 Å². The van der Waals surface area contributed by atoms with Crippen LogP contribution in [0.2, 0.25) is 0 Å². The van der Waals surface area contributed by atoms with Gasteiger partial charge in [-0.3, -0.25) is 10.1 Å². The van der Waals surface area contributed by atoms with Gasteiger partial charge in [-0.1, -0.05) is 6.92 Å². The Morgan fingerprint density at radius 3 is 2.84 bits per heavy atom. The van der Waals surface area contributed by atoms with Gasteiger partial charge in [-0.2, -0.15) is 4.98 Å². The van der Waals surface area contributed by atoms with Crippen molar-refractivity contribution in [2.24, 2.45) is 11.8 Å². The second-order valence-corrected chi connectivity index (χ2v) is 4.91. The molecule has 0 radical (unpaired) electrons. The van der Waals surface area contributed by atoms with Crippen LogP contribution in [0.4, 0.5) is 17.5 Å². The van der Waals surface area contributed by atoms with Gasteiger partial charge in [-0.15, -0.1) is 0 Å². The van der Waals surface area contributed by atoms with Crippen molar-refractivity contribution in [1.82, 2.24) is 9.97 Å². The fourth-order valence-corrected chi connectivity index (χ4v) is 1.97. The number of anilines is 2. The first-order valence-electron chi connectivity index (χ1n) is 6.61. The molecule has 1 fully saturated rings. The van der Waals surface area contributed by atoms with Crippen molar-refractivity contribution in [1.29, 1.82) is 0 Å². The Bertz CT molecular complexity index is 461. The minimum Gasteiger partial charge on any atom is -0.364 e. The van der Waals surface area contributed by atoms with E-state index in [1.807, 2.05) is 6.92 Å². The van der Waals surface area contributed by atoms with Crippen molar-refractivity contribution in [2.45, 2.75) is 26.7 Å². The molecule has 1 saturated carbocycles. The lowest BCUT2D eigenvalue weighted by Crippen LogP contribution is -2.16. The smallest absolute Gasteiger partial charge is 0.329 e. The molecule has 0 aromatic carbocycles. The molecule has 0 bridgehead atoms. The monoisotopic (exact) mass is 265 g/mol. The third-order valence-corrected chi connectivity index (χ3v) is 3.32. The zero-order valence-corrected chi connectivity index (χ0v) is 11.2. The normalized spacial score (nSPS) is 15.9. The van der Waals surface area contributed by atoms with Gasteiger partial charge in [0, 0.05) is 13.1 Å². The maximum absolute atomic E-state index is 10.9. The number of nitrogens with zero attached hydrogens (tertiary/aromatic N) is 3. The van der Waals surface area contributed by atoms with Crippen molar-refractivity contribution in [3.63, 3.8) is 0 Å². The van der Waals surface area contributed by atoms with Gasteiger partial charge in [-0.05, 0) is 31.6 Å². The van der Waals surface area contributed by atoms with E-state index in [0.29, 0.717) is 30.8 Å². The van der Waals surface area contributed by atoms with Crippen molar-refractivity contribution in [3.8, 4) is 0 Å². The van der Waals surface area contributed by atoms with E-state index in [4.69, 9.17) is 0 Å². The van der Waals surface area contributed by atoms with Crippen LogP contribution in [0, 0.1) is 22.0 Å². The SMILES string of the molecule is CCNc1ncc([N+](=O)[O-])c(NCC(C)C2CC2)n1. The topological polar surface area (TPSA) is 93.0 Å². The predicted octanol–water partition coefficient (Wildman–Crippen LogP) is 2.27. The molecule has 2 N–H and O–H groups in total. The molecule has 1 aromatic rings. The maximum Gasteiger partial charge on any atom is 0.329 e. The van der Waals surface area contributed by atoms with Crippen LogP contribution in [-0.2, 0) is 0 Å². The van der Waals surface area contributed by atoms with E-state index in [1.165, 1.54) is 19.0 Å². The zero-order valence-electron chi connectivity index (χ0n) is 11.2. The van der Waals surface area contributed by atoms with Gasteiger partial charge in [-0.25, -0.2) is 4.98 Å². The first-order valence-corrected chi connectivity index (χ1v) is 6.61. The molecule has 1 aromatic heterocycles. The van der Waals surface area contributed by atoms with Crippen LogP contribution in [0.5, 0.6) is 0 Å². The van der Waals surface area contributed by atoms with E-state index in [-0.39, 0.29) is 5.69 Å². The molecule has 104 valence electrons. The third kappa shape index (κ3) is 3.52. The molecule has 7 nitrogen and oxygen atoms in total. The van der Waals surface area contributed by atoms with Crippen molar-refractivity contribution in [3.05, 3.63) is 16.3 Å². The van der Waals surface area contributed by atoms with Crippen LogP contribution >= 0.6 is 0 Å². The van der Waals surface area contributed by atoms with E-state index in [2.05, 4.69) is 27.5 Å². The summed E-state index contributed by atoms with van der Waals surface area (Å²) < 4.78 is 0. The number of aromatic nitrogens is 2. The molecule has 1 unspecified atom stereocenters. The highest BCUT2D eigenvalue weighted by Gasteiger charge is 2.28. The zero-order chi connectivity index (χ0) is 13.8. The summed E-state index contributed by atoms with van der Waals surface area (Å²) in [7, 11) is 0. The summed E-state index contributed by atoms with van der Waals surface area (Å²) in [6.45, 7) is 5.46. The molecular formula is C12H19N5O2. The van der Waals surface area contributed by atoms with Crippen LogP contribution in [0.1, 0.15) is 26.7 Å². The minimum atomic E-state index is -0.458. The standard InChI is InChI=1S/C12H19N5O2/c1-3-13-12-15-7-10(17(18)19)11(16-12)14-6-8(2)9-4-5-9/h7-9H,3-6H2,1-2H3,(H2,13,14,15,16). The number of hydrogen-bond acceptors (Lipinski definition) is 6. The summed E-state index contributed by atoms with van der Waals surface area (Å²) in [5, 5.41) is 17.0. The molecule has 0 spiro atoms. The molecular weight excluding hydrogens is 246 g/mol. The van der Waals surface area contributed by atoms with Crippen molar-refractivity contribution in [2.75, 3.05) is 23.7 Å². The Morgan fingerprint density at radius 1 is 1.53 bits per heavy atom. The third-order valence-electron chi connectivity index (χ3n) is 3.32. The maximum atomic E-state index is 10.9. The van der Waals surface area contributed by atoms with Gasteiger partial charge >= 0.3 is 5.69 Å². The summed E-state index contributed by atoms with van der Waals surface area (Å²) in [4.78, 5) is 18.6. The molecule has 1 aliphatic carbocycles. The van der Waals surface area contributed by atoms with E-state index in [9.17, 15) is 10.1 Å². The number of rotatable bonds is 7. The fraction of sp³-hybridized carbons (Fsp3) is 0.667. The number of nitro groups is 1. The molecule has 1 heterocycles. The summed E-state index contributed by atoms with van der Waals surface area (Å²) in [5.74, 6) is 1.97. The average molecular weight is 265 g/mol. The van der Waals surface area contributed by atoms with Gasteiger partial charge in [0.25, 0.3) is 0 Å². The second kappa shape index (κ2) is 5.81. The Hall–Kier alpha value is -1.92. The van der Waals surface area contributed by atoms with E-state index >= 15 is 0 Å². The second-order valence-electron chi connectivity index (χ2n) is 4.91. The Kier molecular flexibility index (Phi) is 4.13. The van der Waals surface area contributed by atoms with Gasteiger partial charge in [0.2, 0.25) is 11.8 Å². The Balaban J connectivity index is 2.09. The van der Waals surface area contributed by atoms with E-state index < -0.39 is 4.92 Å². The highest BCUT2D eigenvalue weighted by molar-refractivity contribution is 5.56. The molecule has 1 atom stereocenters. The summed E-state index contributed by atoms with van der Waals surface area (Å²) in [5.41, 5.74) is -0.0790. The first kappa shape index (κ1) is 13.5. The first-order chi connectivity index (χ1) is 9.11. The molecule has 19 heavy (non-hydrogen) atoms. The Morgan fingerprint density at radius 2 is 2.26 bits per heavy atom. The van der Waals surface area contributed by atoms with Gasteiger partial charge < -0.3 is 10.6 Å². The van der Waals surface area contributed by atoms with E-state index in [1.54, 1.807) is 0 Å². The fourth-order valence-electron chi connectivity index (χ4n) is 1.97. The summed E-state index contributed by atoms with van der Waals surface area (Å²) in [6, 6.07) is 0. The summed E-state index contributed by atoms with van der Waals surface area (Å²) >= 11 is 0. The number of nitrogens with one attached hydrogen (secondary N) is 2. The quantitative estimate of drug-likeness (QED) is 0.580. The molecule has 0 amide bonds. The molecule has 1 aliphatic rings. The molecule has 2 rings (SSSR count). The lowest BCUT2D eigenvalue weighted by atomic mass is 10.1.